The van der Waals surface area contributed by atoms with Crippen molar-refractivity contribution in [1.29, 1.82) is 0 Å². The lowest BCUT2D eigenvalue weighted by Gasteiger charge is -2.27. The fourth-order valence-electron chi connectivity index (χ4n) is 2.01. The van der Waals surface area contributed by atoms with Gasteiger partial charge in [-0.25, -0.2) is 0 Å². The Morgan fingerprint density at radius 1 is 0.882 bits per heavy atom. The van der Waals surface area contributed by atoms with E-state index in [2.05, 4.69) is 71.0 Å². The molecule has 0 fully saturated rings. The van der Waals surface area contributed by atoms with Gasteiger partial charge in [0, 0.05) is 0 Å². The number of alkyl halides is 1. The molecule has 0 aromatic heterocycles. The molecular formula is C16H15Br. The van der Waals surface area contributed by atoms with Crippen LogP contribution in [0.15, 0.2) is 73.3 Å². The lowest BCUT2D eigenvalue weighted by atomic mass is 9.88. The van der Waals surface area contributed by atoms with E-state index in [0.29, 0.717) is 0 Å². The van der Waals surface area contributed by atoms with Crippen molar-refractivity contribution in [2.24, 2.45) is 0 Å². The van der Waals surface area contributed by atoms with E-state index in [1.54, 1.807) is 0 Å². The molecule has 2 aromatic rings. The minimum absolute atomic E-state index is 0.169. The molecule has 0 atom stereocenters. The van der Waals surface area contributed by atoms with Gasteiger partial charge in [0.05, 0.1) is 4.32 Å². The van der Waals surface area contributed by atoms with E-state index in [4.69, 9.17) is 0 Å². The van der Waals surface area contributed by atoms with Crippen molar-refractivity contribution in [3.63, 3.8) is 0 Å². The standard InChI is InChI=1S/C16H15Br/c1-2-13-16(17,14-9-5-3-6-10-14)15-11-7-4-8-12-15/h2-12H,1,13H2. The summed E-state index contributed by atoms with van der Waals surface area (Å²) in [4.78, 5) is 0. The van der Waals surface area contributed by atoms with Crippen LogP contribution in [0.25, 0.3) is 0 Å². The largest absolute Gasteiger partial charge is 0.103 e. The first-order valence-electron chi connectivity index (χ1n) is 5.68. The van der Waals surface area contributed by atoms with E-state index in [1.165, 1.54) is 11.1 Å². The van der Waals surface area contributed by atoms with E-state index in [9.17, 15) is 0 Å². The smallest absolute Gasteiger partial charge is 0.0788 e. The van der Waals surface area contributed by atoms with Crippen LogP contribution in [-0.4, -0.2) is 0 Å². The molecule has 0 spiro atoms. The average Bonchev–Trinajstić information content (AvgIpc) is 2.41. The molecule has 0 aliphatic carbocycles. The van der Waals surface area contributed by atoms with Crippen molar-refractivity contribution in [2.75, 3.05) is 0 Å². The van der Waals surface area contributed by atoms with E-state index in [-0.39, 0.29) is 4.32 Å². The molecule has 0 saturated heterocycles. The van der Waals surface area contributed by atoms with Gasteiger partial charge in [0.1, 0.15) is 0 Å². The van der Waals surface area contributed by atoms with Crippen LogP contribution in [0.1, 0.15) is 17.5 Å². The van der Waals surface area contributed by atoms with E-state index in [1.807, 2.05) is 18.2 Å². The maximum Gasteiger partial charge on any atom is 0.0788 e. The molecule has 2 aromatic carbocycles. The summed E-state index contributed by atoms with van der Waals surface area (Å²) in [5.41, 5.74) is 2.51. The zero-order chi connectivity index (χ0) is 12.1. The predicted octanol–water partition coefficient (Wildman–Crippen LogP) is 4.90. The van der Waals surface area contributed by atoms with Crippen molar-refractivity contribution < 1.29 is 0 Å². The van der Waals surface area contributed by atoms with Gasteiger partial charge in [-0.05, 0) is 17.5 Å². The van der Waals surface area contributed by atoms with Crippen LogP contribution in [0, 0.1) is 0 Å². The van der Waals surface area contributed by atoms with Gasteiger partial charge in [-0.3, -0.25) is 0 Å². The van der Waals surface area contributed by atoms with Crippen LogP contribution < -0.4 is 0 Å². The molecule has 0 amide bonds. The molecule has 0 radical (unpaired) electrons. The maximum atomic E-state index is 3.89. The van der Waals surface area contributed by atoms with Crippen LogP contribution >= 0.6 is 15.9 Å². The Labute approximate surface area is 111 Å². The van der Waals surface area contributed by atoms with Gasteiger partial charge < -0.3 is 0 Å². The van der Waals surface area contributed by atoms with Crippen LogP contribution in [0.5, 0.6) is 0 Å². The highest BCUT2D eigenvalue weighted by molar-refractivity contribution is 9.09. The molecule has 17 heavy (non-hydrogen) atoms. The summed E-state index contributed by atoms with van der Waals surface area (Å²) < 4.78 is -0.169. The van der Waals surface area contributed by atoms with E-state index < -0.39 is 0 Å². The Kier molecular flexibility index (Phi) is 3.80. The number of benzene rings is 2. The third kappa shape index (κ3) is 2.50. The van der Waals surface area contributed by atoms with Crippen molar-refractivity contribution in [3.8, 4) is 0 Å². The quantitative estimate of drug-likeness (QED) is 0.554. The highest BCUT2D eigenvalue weighted by Gasteiger charge is 2.29. The van der Waals surface area contributed by atoms with Gasteiger partial charge >= 0.3 is 0 Å². The predicted molar refractivity (Wildman–Crippen MR) is 77.4 cm³/mol. The molecule has 0 aliphatic rings. The highest BCUT2D eigenvalue weighted by Crippen LogP contribution is 2.41. The molecule has 0 N–H and O–H groups in total. The lowest BCUT2D eigenvalue weighted by molar-refractivity contribution is 0.775. The molecule has 1 heteroatoms. The molecule has 0 aliphatic heterocycles. The topological polar surface area (TPSA) is 0 Å². The Balaban J connectivity index is 2.50. The molecule has 0 nitrogen and oxygen atoms in total. The Bertz CT molecular complexity index is 434. The molecule has 0 unspecified atom stereocenters. The van der Waals surface area contributed by atoms with Crippen molar-refractivity contribution in [1.82, 2.24) is 0 Å². The minimum Gasteiger partial charge on any atom is -0.103 e. The lowest BCUT2D eigenvalue weighted by Crippen LogP contribution is -2.18. The molecule has 0 saturated carbocycles. The monoisotopic (exact) mass is 286 g/mol. The molecular weight excluding hydrogens is 272 g/mol. The number of allylic oxidation sites excluding steroid dienone is 1. The van der Waals surface area contributed by atoms with Crippen molar-refractivity contribution in [2.45, 2.75) is 10.7 Å². The van der Waals surface area contributed by atoms with Crippen LogP contribution in [0.4, 0.5) is 0 Å². The van der Waals surface area contributed by atoms with Gasteiger partial charge in [-0.1, -0.05) is 82.7 Å². The van der Waals surface area contributed by atoms with Crippen molar-refractivity contribution >= 4 is 15.9 Å². The minimum atomic E-state index is -0.169. The molecule has 86 valence electrons. The summed E-state index contributed by atoms with van der Waals surface area (Å²) in [5, 5.41) is 0. The van der Waals surface area contributed by atoms with Gasteiger partial charge in [-0.2, -0.15) is 0 Å². The zero-order valence-electron chi connectivity index (χ0n) is 9.64. The third-order valence-corrected chi connectivity index (χ3v) is 4.13. The summed E-state index contributed by atoms with van der Waals surface area (Å²) in [6, 6.07) is 20.9. The average molecular weight is 287 g/mol. The first-order valence-corrected chi connectivity index (χ1v) is 6.47. The highest BCUT2D eigenvalue weighted by atomic mass is 79.9. The Hall–Kier alpha value is -1.34. The zero-order valence-corrected chi connectivity index (χ0v) is 11.2. The number of hydrogen-bond donors (Lipinski definition) is 0. The summed E-state index contributed by atoms with van der Waals surface area (Å²) >= 11 is 3.89. The normalized spacial score (nSPS) is 11.1. The first-order chi connectivity index (χ1) is 8.27. The number of halogens is 1. The van der Waals surface area contributed by atoms with E-state index in [0.717, 1.165) is 6.42 Å². The second-order valence-corrected chi connectivity index (χ2v) is 5.38. The SMILES string of the molecule is C=CCC(Br)(c1ccccc1)c1ccccc1. The molecule has 0 bridgehead atoms. The Morgan fingerprint density at radius 2 is 1.29 bits per heavy atom. The van der Waals surface area contributed by atoms with Gasteiger partial charge in [0.15, 0.2) is 0 Å². The summed E-state index contributed by atoms with van der Waals surface area (Å²) in [5.74, 6) is 0. The second-order valence-electron chi connectivity index (χ2n) is 4.03. The number of hydrogen-bond acceptors (Lipinski definition) is 0. The van der Waals surface area contributed by atoms with Gasteiger partial charge in [0.25, 0.3) is 0 Å². The number of rotatable bonds is 4. The van der Waals surface area contributed by atoms with Gasteiger partial charge in [-0.15, -0.1) is 6.58 Å². The third-order valence-electron chi connectivity index (χ3n) is 2.89. The maximum absolute atomic E-state index is 3.89. The summed E-state index contributed by atoms with van der Waals surface area (Å²) in [6.07, 6.45) is 2.82. The van der Waals surface area contributed by atoms with Gasteiger partial charge in [0.2, 0.25) is 0 Å². The molecule has 0 heterocycles. The molecule has 2 rings (SSSR count). The first kappa shape index (κ1) is 12.1. The summed E-state index contributed by atoms with van der Waals surface area (Å²) in [7, 11) is 0. The fraction of sp³-hybridized carbons (Fsp3) is 0.125. The Morgan fingerprint density at radius 3 is 1.65 bits per heavy atom. The van der Waals surface area contributed by atoms with Crippen LogP contribution in [-0.2, 0) is 4.32 Å². The van der Waals surface area contributed by atoms with E-state index >= 15 is 0 Å². The van der Waals surface area contributed by atoms with Crippen LogP contribution in [0.2, 0.25) is 0 Å². The second kappa shape index (κ2) is 5.33. The fourth-order valence-corrected chi connectivity index (χ4v) is 2.76. The summed E-state index contributed by atoms with van der Waals surface area (Å²) in [6.45, 7) is 3.87. The van der Waals surface area contributed by atoms with Crippen LogP contribution in [0.3, 0.4) is 0 Å². The van der Waals surface area contributed by atoms with Crippen molar-refractivity contribution in [3.05, 3.63) is 84.4 Å².